The zero-order chi connectivity index (χ0) is 14.9. The van der Waals surface area contributed by atoms with E-state index in [1.165, 1.54) is 0 Å². The topological polar surface area (TPSA) is 39.7 Å². The highest BCUT2D eigenvalue weighted by Crippen LogP contribution is 2.20. The Labute approximate surface area is 127 Å². The van der Waals surface area contributed by atoms with Gasteiger partial charge in [0, 0.05) is 18.6 Å². The van der Waals surface area contributed by atoms with Gasteiger partial charge in [-0.3, -0.25) is 0 Å². The van der Waals surface area contributed by atoms with E-state index in [4.69, 9.17) is 14.2 Å². The molecule has 1 aromatic rings. The van der Waals surface area contributed by atoms with Crippen LogP contribution in [0.3, 0.4) is 0 Å². The van der Waals surface area contributed by atoms with Gasteiger partial charge in [0.15, 0.2) is 0 Å². The van der Waals surface area contributed by atoms with Crippen LogP contribution >= 0.6 is 0 Å². The molecule has 2 atom stereocenters. The molecule has 1 aromatic carbocycles. The Morgan fingerprint density at radius 2 is 1.90 bits per heavy atom. The molecular weight excluding hydrogens is 266 g/mol. The molecule has 2 rings (SSSR count). The second-order valence-electron chi connectivity index (χ2n) is 5.42. The van der Waals surface area contributed by atoms with Crippen LogP contribution in [-0.4, -0.2) is 39.0 Å². The Balaban J connectivity index is 1.82. The molecule has 21 heavy (non-hydrogen) atoms. The van der Waals surface area contributed by atoms with Crippen LogP contribution in [0, 0.1) is 5.92 Å². The fourth-order valence-electron chi connectivity index (χ4n) is 2.53. The molecule has 0 aliphatic carbocycles. The normalized spacial score (nSPS) is 19.4. The van der Waals surface area contributed by atoms with Gasteiger partial charge in [-0.05, 0) is 43.7 Å². The molecule has 0 bridgehead atoms. The summed E-state index contributed by atoms with van der Waals surface area (Å²) in [7, 11) is 0. The summed E-state index contributed by atoms with van der Waals surface area (Å²) >= 11 is 0. The van der Waals surface area contributed by atoms with E-state index in [0.29, 0.717) is 18.6 Å². The number of hydrogen-bond donors (Lipinski definition) is 1. The van der Waals surface area contributed by atoms with E-state index < -0.39 is 0 Å². The Bertz CT molecular complexity index is 388. The first-order valence-corrected chi connectivity index (χ1v) is 8.00. The third-order valence-corrected chi connectivity index (χ3v) is 3.73. The van der Waals surface area contributed by atoms with Crippen LogP contribution in [0.4, 0.5) is 0 Å². The standard InChI is InChI=1S/C17H27NO3/c1-3-10-20-15-5-7-16(8-6-15)21-13-17(18-4-2)14-9-11-19-12-14/h5-8,14,17-18H,3-4,9-13H2,1-2H3. The number of rotatable bonds is 9. The summed E-state index contributed by atoms with van der Waals surface area (Å²) in [6, 6.07) is 8.23. The van der Waals surface area contributed by atoms with Crippen molar-refractivity contribution in [1.29, 1.82) is 0 Å². The van der Waals surface area contributed by atoms with E-state index in [1.807, 2.05) is 24.3 Å². The molecule has 0 spiro atoms. The van der Waals surface area contributed by atoms with E-state index >= 15 is 0 Å². The minimum atomic E-state index is 0.355. The number of benzene rings is 1. The maximum Gasteiger partial charge on any atom is 0.119 e. The van der Waals surface area contributed by atoms with Crippen molar-refractivity contribution in [3.63, 3.8) is 0 Å². The average Bonchev–Trinajstić information content (AvgIpc) is 3.04. The monoisotopic (exact) mass is 293 g/mol. The van der Waals surface area contributed by atoms with Gasteiger partial charge < -0.3 is 19.5 Å². The first-order chi connectivity index (χ1) is 10.3. The summed E-state index contributed by atoms with van der Waals surface area (Å²) in [4.78, 5) is 0. The van der Waals surface area contributed by atoms with Gasteiger partial charge >= 0.3 is 0 Å². The van der Waals surface area contributed by atoms with Gasteiger partial charge in [-0.1, -0.05) is 13.8 Å². The van der Waals surface area contributed by atoms with Gasteiger partial charge in [-0.2, -0.15) is 0 Å². The number of hydrogen-bond acceptors (Lipinski definition) is 4. The minimum Gasteiger partial charge on any atom is -0.494 e. The smallest absolute Gasteiger partial charge is 0.119 e. The van der Waals surface area contributed by atoms with E-state index in [0.717, 1.165) is 50.7 Å². The van der Waals surface area contributed by atoms with Gasteiger partial charge in [-0.15, -0.1) is 0 Å². The molecule has 2 unspecified atom stereocenters. The van der Waals surface area contributed by atoms with Crippen LogP contribution < -0.4 is 14.8 Å². The number of likely N-dealkylation sites (N-methyl/N-ethyl adjacent to an activating group) is 1. The molecule has 0 saturated carbocycles. The predicted octanol–water partition coefficient (Wildman–Crippen LogP) is 2.87. The highest BCUT2D eigenvalue weighted by molar-refractivity contribution is 5.31. The molecule has 1 aliphatic heterocycles. The Morgan fingerprint density at radius 3 is 2.48 bits per heavy atom. The van der Waals surface area contributed by atoms with Crippen molar-refractivity contribution in [1.82, 2.24) is 5.32 Å². The molecule has 1 fully saturated rings. The summed E-state index contributed by atoms with van der Waals surface area (Å²) in [5.41, 5.74) is 0. The molecule has 118 valence electrons. The van der Waals surface area contributed by atoms with Gasteiger partial charge in [0.25, 0.3) is 0 Å². The van der Waals surface area contributed by atoms with Crippen molar-refractivity contribution in [2.45, 2.75) is 32.7 Å². The van der Waals surface area contributed by atoms with Crippen molar-refractivity contribution in [2.75, 3.05) is 33.0 Å². The van der Waals surface area contributed by atoms with E-state index in [2.05, 4.69) is 19.2 Å². The molecule has 1 aliphatic rings. The lowest BCUT2D eigenvalue weighted by Crippen LogP contribution is -2.41. The maximum absolute atomic E-state index is 5.92. The van der Waals surface area contributed by atoms with Crippen molar-refractivity contribution < 1.29 is 14.2 Å². The van der Waals surface area contributed by atoms with E-state index in [9.17, 15) is 0 Å². The highest BCUT2D eigenvalue weighted by Gasteiger charge is 2.25. The maximum atomic E-state index is 5.92. The molecule has 0 radical (unpaired) electrons. The third kappa shape index (κ3) is 5.21. The van der Waals surface area contributed by atoms with E-state index in [1.54, 1.807) is 0 Å². The van der Waals surface area contributed by atoms with Gasteiger partial charge in [-0.25, -0.2) is 0 Å². The quantitative estimate of drug-likeness (QED) is 0.760. The van der Waals surface area contributed by atoms with Gasteiger partial charge in [0.1, 0.15) is 18.1 Å². The lowest BCUT2D eigenvalue weighted by molar-refractivity contribution is 0.161. The first-order valence-electron chi connectivity index (χ1n) is 8.00. The zero-order valence-corrected chi connectivity index (χ0v) is 13.1. The molecule has 4 heteroatoms. The summed E-state index contributed by atoms with van der Waals surface area (Å²) in [5.74, 6) is 2.34. The fourth-order valence-corrected chi connectivity index (χ4v) is 2.53. The SMILES string of the molecule is CCCOc1ccc(OCC(NCC)C2CCOC2)cc1. The van der Waals surface area contributed by atoms with Crippen LogP contribution in [0.5, 0.6) is 11.5 Å². The van der Waals surface area contributed by atoms with Crippen molar-refractivity contribution in [2.24, 2.45) is 5.92 Å². The summed E-state index contributed by atoms with van der Waals surface area (Å²) in [5, 5.41) is 3.50. The van der Waals surface area contributed by atoms with Crippen LogP contribution in [0.15, 0.2) is 24.3 Å². The predicted molar refractivity (Wildman–Crippen MR) is 84.1 cm³/mol. The Morgan fingerprint density at radius 1 is 1.19 bits per heavy atom. The molecule has 1 N–H and O–H groups in total. The van der Waals surface area contributed by atoms with Crippen molar-refractivity contribution >= 4 is 0 Å². The molecule has 0 aromatic heterocycles. The minimum absolute atomic E-state index is 0.355. The lowest BCUT2D eigenvalue weighted by atomic mass is 10.00. The highest BCUT2D eigenvalue weighted by atomic mass is 16.5. The largest absolute Gasteiger partial charge is 0.494 e. The van der Waals surface area contributed by atoms with Crippen LogP contribution in [0.25, 0.3) is 0 Å². The Hall–Kier alpha value is -1.26. The van der Waals surface area contributed by atoms with Gasteiger partial charge in [0.05, 0.1) is 13.2 Å². The second kappa shape index (κ2) is 8.90. The lowest BCUT2D eigenvalue weighted by Gasteiger charge is -2.23. The van der Waals surface area contributed by atoms with Crippen LogP contribution in [0.2, 0.25) is 0 Å². The van der Waals surface area contributed by atoms with Crippen LogP contribution in [-0.2, 0) is 4.74 Å². The fraction of sp³-hybridized carbons (Fsp3) is 0.647. The summed E-state index contributed by atoms with van der Waals surface area (Å²) in [6.07, 6.45) is 2.14. The zero-order valence-electron chi connectivity index (χ0n) is 13.1. The molecule has 1 saturated heterocycles. The molecule has 0 amide bonds. The summed E-state index contributed by atoms with van der Waals surface area (Å²) < 4.78 is 17.0. The Kier molecular flexibility index (Phi) is 6.83. The van der Waals surface area contributed by atoms with E-state index in [-0.39, 0.29) is 0 Å². The average molecular weight is 293 g/mol. The van der Waals surface area contributed by atoms with Crippen molar-refractivity contribution in [3.8, 4) is 11.5 Å². The molecule has 1 heterocycles. The molecule has 4 nitrogen and oxygen atoms in total. The number of nitrogens with one attached hydrogen (secondary N) is 1. The second-order valence-corrected chi connectivity index (χ2v) is 5.42. The first kappa shape index (κ1) is 16.1. The van der Waals surface area contributed by atoms with Gasteiger partial charge in [0.2, 0.25) is 0 Å². The van der Waals surface area contributed by atoms with Crippen LogP contribution in [0.1, 0.15) is 26.7 Å². The van der Waals surface area contributed by atoms with Crippen molar-refractivity contribution in [3.05, 3.63) is 24.3 Å². The summed E-state index contributed by atoms with van der Waals surface area (Å²) in [6.45, 7) is 8.32. The molecular formula is C17H27NO3. The number of ether oxygens (including phenoxy) is 3. The third-order valence-electron chi connectivity index (χ3n) is 3.73.